The highest BCUT2D eigenvalue weighted by molar-refractivity contribution is 7.47. The first-order valence-corrected chi connectivity index (χ1v) is 9.77. The first-order chi connectivity index (χ1) is 12.0. The highest BCUT2D eigenvalue weighted by Crippen LogP contribution is 2.44. The molecule has 0 radical (unpaired) electrons. The van der Waals surface area contributed by atoms with Gasteiger partial charge in [0.25, 0.3) is 5.56 Å². The number of aromatic nitrogens is 2. The molecule has 0 amide bonds. The lowest BCUT2D eigenvalue weighted by molar-refractivity contribution is -0.104. The molecule has 11 heteroatoms. The molecule has 0 bridgehead atoms. The van der Waals surface area contributed by atoms with Gasteiger partial charge in [-0.1, -0.05) is 13.8 Å². The van der Waals surface area contributed by atoms with E-state index in [1.54, 1.807) is 13.8 Å². The minimum Gasteiger partial charge on any atom is -0.392 e. The minimum atomic E-state index is -4.24. The van der Waals surface area contributed by atoms with Crippen LogP contribution in [-0.4, -0.2) is 45.0 Å². The fourth-order valence-electron chi connectivity index (χ4n) is 2.24. The number of rotatable bonds is 11. The van der Waals surface area contributed by atoms with Crippen LogP contribution in [0.15, 0.2) is 21.9 Å². The summed E-state index contributed by atoms with van der Waals surface area (Å²) >= 11 is 0. The summed E-state index contributed by atoms with van der Waals surface area (Å²) in [4.78, 5) is 34.8. The van der Waals surface area contributed by atoms with Gasteiger partial charge in [-0.2, -0.15) is 0 Å². The average molecular weight is 394 g/mol. The number of aliphatic hydroxyl groups excluding tert-OH is 1. The number of ether oxygens (including phenoxy) is 1. The molecule has 0 fully saturated rings. The Labute approximate surface area is 151 Å². The number of H-pyrrole nitrogens is 1. The maximum atomic E-state index is 11.9. The van der Waals surface area contributed by atoms with Gasteiger partial charge in [-0.15, -0.1) is 0 Å². The predicted molar refractivity (Wildman–Crippen MR) is 93.8 cm³/mol. The van der Waals surface area contributed by atoms with E-state index in [0.717, 1.165) is 10.6 Å². The molecular weight excluding hydrogens is 367 g/mol. The number of aliphatic hydroxyl groups is 1. The predicted octanol–water partition coefficient (Wildman–Crippen LogP) is 1.00. The normalized spacial score (nSPS) is 16.6. The SMILES string of the molecule is CC(C)C[C@H](COP(=O)(O)OC(C)C)O[C@H](CO)n1ccc(=O)[nH]c1=O. The zero-order valence-corrected chi connectivity index (χ0v) is 16.2. The molecule has 0 spiro atoms. The maximum Gasteiger partial charge on any atom is 0.472 e. The molecule has 1 heterocycles. The van der Waals surface area contributed by atoms with E-state index in [0.29, 0.717) is 6.42 Å². The van der Waals surface area contributed by atoms with Crippen molar-refractivity contribution in [1.29, 1.82) is 0 Å². The van der Waals surface area contributed by atoms with Crippen molar-refractivity contribution < 1.29 is 28.3 Å². The van der Waals surface area contributed by atoms with Gasteiger partial charge in [0.2, 0.25) is 0 Å². The van der Waals surface area contributed by atoms with E-state index in [1.807, 2.05) is 13.8 Å². The quantitative estimate of drug-likeness (QED) is 0.472. The third-order valence-corrected chi connectivity index (χ3v) is 4.33. The first-order valence-electron chi connectivity index (χ1n) is 8.27. The van der Waals surface area contributed by atoms with Gasteiger partial charge in [0.15, 0.2) is 6.23 Å². The summed E-state index contributed by atoms with van der Waals surface area (Å²) in [7, 11) is -4.24. The van der Waals surface area contributed by atoms with Crippen LogP contribution in [0.5, 0.6) is 0 Å². The number of nitrogens with zero attached hydrogens (tertiary/aromatic N) is 1. The summed E-state index contributed by atoms with van der Waals surface area (Å²) in [6.45, 7) is 6.21. The molecule has 3 N–H and O–H groups in total. The number of aromatic amines is 1. The zero-order valence-electron chi connectivity index (χ0n) is 15.3. The Morgan fingerprint density at radius 1 is 1.27 bits per heavy atom. The summed E-state index contributed by atoms with van der Waals surface area (Å²) in [5.74, 6) is 0.152. The second-order valence-corrected chi connectivity index (χ2v) is 7.87. The topological polar surface area (TPSA) is 140 Å². The fraction of sp³-hybridized carbons (Fsp3) is 0.733. The van der Waals surface area contributed by atoms with Crippen molar-refractivity contribution in [3.05, 3.63) is 33.1 Å². The summed E-state index contributed by atoms with van der Waals surface area (Å²) in [5, 5.41) is 9.56. The number of phosphoric acid groups is 1. The molecule has 0 aliphatic heterocycles. The van der Waals surface area contributed by atoms with E-state index >= 15 is 0 Å². The number of hydrogen-bond donors (Lipinski definition) is 3. The van der Waals surface area contributed by atoms with Gasteiger partial charge in [0.05, 0.1) is 25.4 Å². The molecule has 0 aliphatic rings. The van der Waals surface area contributed by atoms with Crippen LogP contribution >= 0.6 is 7.82 Å². The van der Waals surface area contributed by atoms with Crippen LogP contribution in [-0.2, 0) is 18.3 Å². The van der Waals surface area contributed by atoms with E-state index in [1.165, 1.54) is 6.20 Å². The van der Waals surface area contributed by atoms with E-state index in [2.05, 4.69) is 4.98 Å². The van der Waals surface area contributed by atoms with E-state index in [4.69, 9.17) is 13.8 Å². The molecule has 1 aromatic rings. The standard InChI is InChI=1S/C15H27N2O8P/c1-10(2)7-12(9-23-26(21,22)25-11(3)4)24-14(8-18)17-6-5-13(19)16-15(17)20/h5-6,10-12,14,18H,7-9H2,1-4H3,(H,21,22)(H,16,19,20)/t12-,14-/m1/s1. The molecule has 0 saturated heterocycles. The third-order valence-electron chi connectivity index (χ3n) is 3.17. The molecule has 0 aliphatic carbocycles. The molecular formula is C15H27N2O8P. The van der Waals surface area contributed by atoms with Crippen LogP contribution in [0.3, 0.4) is 0 Å². The first kappa shape index (κ1) is 22.8. The molecule has 150 valence electrons. The van der Waals surface area contributed by atoms with E-state index in [9.17, 15) is 24.2 Å². The lowest BCUT2D eigenvalue weighted by Gasteiger charge is -2.26. The second-order valence-electron chi connectivity index (χ2n) is 6.46. The summed E-state index contributed by atoms with van der Waals surface area (Å²) in [5.41, 5.74) is -1.31. The van der Waals surface area contributed by atoms with Crippen LogP contribution < -0.4 is 11.2 Å². The smallest absolute Gasteiger partial charge is 0.392 e. The van der Waals surface area contributed by atoms with Gasteiger partial charge < -0.3 is 14.7 Å². The van der Waals surface area contributed by atoms with Crippen molar-refractivity contribution in [1.82, 2.24) is 9.55 Å². The van der Waals surface area contributed by atoms with Crippen molar-refractivity contribution in [2.45, 2.75) is 52.6 Å². The van der Waals surface area contributed by atoms with E-state index < -0.39 is 44.1 Å². The Bertz CT molecular complexity index is 714. The summed E-state index contributed by atoms with van der Waals surface area (Å²) in [6, 6.07) is 1.12. The van der Waals surface area contributed by atoms with Gasteiger partial charge in [-0.3, -0.25) is 23.4 Å². The number of hydrogen-bond acceptors (Lipinski definition) is 7. The van der Waals surface area contributed by atoms with Crippen LogP contribution in [0.2, 0.25) is 0 Å². The Kier molecular flexibility index (Phi) is 8.88. The third kappa shape index (κ3) is 7.94. The fourth-order valence-corrected chi connectivity index (χ4v) is 3.18. The Hall–Kier alpha value is -1.29. The zero-order chi connectivity index (χ0) is 19.9. The van der Waals surface area contributed by atoms with Crippen molar-refractivity contribution >= 4 is 7.82 Å². The molecule has 1 unspecified atom stereocenters. The Morgan fingerprint density at radius 2 is 1.92 bits per heavy atom. The van der Waals surface area contributed by atoms with Crippen LogP contribution in [0.4, 0.5) is 0 Å². The van der Waals surface area contributed by atoms with Crippen LogP contribution in [0.25, 0.3) is 0 Å². The molecule has 0 saturated carbocycles. The van der Waals surface area contributed by atoms with Crippen molar-refractivity contribution in [2.75, 3.05) is 13.2 Å². The summed E-state index contributed by atoms with van der Waals surface area (Å²) < 4.78 is 28.4. The van der Waals surface area contributed by atoms with Gasteiger partial charge in [-0.05, 0) is 26.2 Å². The van der Waals surface area contributed by atoms with Crippen LogP contribution in [0, 0.1) is 5.92 Å². The maximum absolute atomic E-state index is 11.9. The minimum absolute atomic E-state index is 0.152. The van der Waals surface area contributed by atoms with Crippen LogP contribution in [0.1, 0.15) is 40.3 Å². The Morgan fingerprint density at radius 3 is 2.42 bits per heavy atom. The Balaban J connectivity index is 2.89. The van der Waals surface area contributed by atoms with Gasteiger partial charge in [0, 0.05) is 12.3 Å². The van der Waals surface area contributed by atoms with Gasteiger partial charge in [-0.25, -0.2) is 9.36 Å². The largest absolute Gasteiger partial charge is 0.472 e. The lowest BCUT2D eigenvalue weighted by atomic mass is 10.1. The summed E-state index contributed by atoms with van der Waals surface area (Å²) in [6.07, 6.45) is -0.636. The van der Waals surface area contributed by atoms with Crippen molar-refractivity contribution in [3.63, 3.8) is 0 Å². The lowest BCUT2D eigenvalue weighted by Crippen LogP contribution is -2.36. The molecule has 26 heavy (non-hydrogen) atoms. The molecule has 3 atom stereocenters. The van der Waals surface area contributed by atoms with E-state index in [-0.39, 0.29) is 12.5 Å². The van der Waals surface area contributed by atoms with Crippen molar-refractivity contribution in [3.8, 4) is 0 Å². The highest BCUT2D eigenvalue weighted by Gasteiger charge is 2.27. The molecule has 1 rings (SSSR count). The average Bonchev–Trinajstić information content (AvgIpc) is 2.49. The monoisotopic (exact) mass is 394 g/mol. The highest BCUT2D eigenvalue weighted by atomic mass is 31.2. The molecule has 10 nitrogen and oxygen atoms in total. The second kappa shape index (κ2) is 10.1. The number of nitrogens with one attached hydrogen (secondary N) is 1. The number of phosphoric ester groups is 1. The van der Waals surface area contributed by atoms with Gasteiger partial charge in [0.1, 0.15) is 0 Å². The molecule has 0 aromatic carbocycles. The molecule has 1 aromatic heterocycles. The van der Waals surface area contributed by atoms with Gasteiger partial charge >= 0.3 is 13.5 Å². The van der Waals surface area contributed by atoms with Crippen molar-refractivity contribution in [2.24, 2.45) is 5.92 Å².